The maximum absolute atomic E-state index is 13.3. The molecule has 1 aliphatic rings. The first kappa shape index (κ1) is 23.2. The number of aromatic amines is 1. The first-order valence-electron chi connectivity index (χ1n) is 10.7. The highest BCUT2D eigenvalue weighted by Gasteiger charge is 2.40. The number of hydrogen-bond donors (Lipinski definition) is 0. The van der Waals surface area contributed by atoms with E-state index in [1.165, 1.54) is 17.8 Å². The van der Waals surface area contributed by atoms with Crippen LogP contribution in [-0.4, -0.2) is 37.0 Å². The second-order valence-electron chi connectivity index (χ2n) is 7.89. The minimum absolute atomic E-state index is 0.0505. The number of aromatic nitrogens is 1. The number of anilines is 1. The third kappa shape index (κ3) is 5.87. The summed E-state index contributed by atoms with van der Waals surface area (Å²) >= 11 is 1.79. The van der Waals surface area contributed by atoms with E-state index in [-0.39, 0.29) is 11.7 Å². The number of benzene rings is 2. The minimum atomic E-state index is -4.43. The molecule has 0 bridgehead atoms. The molecule has 1 saturated heterocycles. The summed E-state index contributed by atoms with van der Waals surface area (Å²) in [4.78, 5) is 19.1. The third-order valence-corrected chi connectivity index (χ3v) is 6.65. The molecule has 172 valence electrons. The molecule has 2 heterocycles. The van der Waals surface area contributed by atoms with Crippen molar-refractivity contribution in [3.8, 4) is 0 Å². The Hall–Kier alpha value is -3.00. The van der Waals surface area contributed by atoms with Crippen LogP contribution < -0.4 is 9.88 Å². The highest BCUT2D eigenvalue weighted by Crippen LogP contribution is 2.34. The molecule has 33 heavy (non-hydrogen) atoms. The Balaban J connectivity index is 1.35. The van der Waals surface area contributed by atoms with E-state index in [2.05, 4.69) is 17.1 Å². The van der Waals surface area contributed by atoms with Crippen LogP contribution in [0.5, 0.6) is 0 Å². The fourth-order valence-corrected chi connectivity index (χ4v) is 4.83. The van der Waals surface area contributed by atoms with Crippen LogP contribution in [0.15, 0.2) is 72.9 Å². The topological polar surface area (TPSA) is 37.7 Å². The molecule has 1 aromatic heterocycles. The lowest BCUT2D eigenvalue weighted by Gasteiger charge is -2.31. The lowest BCUT2D eigenvalue weighted by Crippen LogP contribution is -2.50. The molecule has 0 radical (unpaired) electrons. The van der Waals surface area contributed by atoms with E-state index in [9.17, 15) is 18.0 Å². The van der Waals surface area contributed by atoms with Gasteiger partial charge in [0.2, 0.25) is 0 Å². The molecular formula is C25H25F3N3OS+. The molecule has 0 atom stereocenters. The van der Waals surface area contributed by atoms with Crippen LogP contribution >= 0.6 is 11.8 Å². The lowest BCUT2D eigenvalue weighted by atomic mass is 10.1. The average Bonchev–Trinajstić information content (AvgIpc) is 2.84. The Bertz CT molecular complexity index is 1080. The fraction of sp³-hybridized carbons (Fsp3) is 0.280. The van der Waals surface area contributed by atoms with Crippen molar-refractivity contribution >= 4 is 23.5 Å². The van der Waals surface area contributed by atoms with E-state index in [4.69, 9.17) is 0 Å². The summed E-state index contributed by atoms with van der Waals surface area (Å²) in [6, 6.07) is 20.3. The van der Waals surface area contributed by atoms with Gasteiger partial charge in [0.25, 0.3) is 11.7 Å². The Kier molecular flexibility index (Phi) is 7.23. The number of halogens is 3. The van der Waals surface area contributed by atoms with Gasteiger partial charge in [0.15, 0.2) is 0 Å². The molecule has 1 N–H and O–H groups in total. The first-order valence-corrected chi connectivity index (χ1v) is 11.9. The lowest BCUT2D eigenvalue weighted by molar-refractivity contribution is -0.367. The zero-order chi connectivity index (χ0) is 23.3. The molecule has 4 nitrogen and oxygen atoms in total. The average molecular weight is 473 g/mol. The van der Waals surface area contributed by atoms with Crippen LogP contribution in [0.2, 0.25) is 0 Å². The van der Waals surface area contributed by atoms with Crippen molar-refractivity contribution in [2.45, 2.75) is 17.7 Å². The number of piperazine rings is 1. The Morgan fingerprint density at radius 3 is 2.30 bits per heavy atom. The van der Waals surface area contributed by atoms with Crippen molar-refractivity contribution < 1.29 is 22.9 Å². The van der Waals surface area contributed by atoms with Gasteiger partial charge >= 0.3 is 6.18 Å². The molecule has 2 aromatic carbocycles. The van der Waals surface area contributed by atoms with Crippen molar-refractivity contribution in [1.82, 2.24) is 4.90 Å². The number of H-pyrrole nitrogens is 1. The molecule has 0 spiro atoms. The normalized spacial score (nSPS) is 14.4. The van der Waals surface area contributed by atoms with E-state index in [0.717, 1.165) is 23.1 Å². The molecule has 0 saturated carbocycles. The summed E-state index contributed by atoms with van der Waals surface area (Å²) in [5.41, 5.74) is 2.26. The zero-order valence-electron chi connectivity index (χ0n) is 18.0. The number of nitrogens with zero attached hydrogens (tertiary/aromatic N) is 2. The molecular weight excluding hydrogens is 447 g/mol. The maximum atomic E-state index is 13.3. The quantitative estimate of drug-likeness (QED) is 0.511. The van der Waals surface area contributed by atoms with E-state index in [0.29, 0.717) is 31.7 Å². The summed E-state index contributed by atoms with van der Waals surface area (Å²) < 4.78 is 40.0. The predicted molar refractivity (Wildman–Crippen MR) is 124 cm³/mol. The van der Waals surface area contributed by atoms with Crippen LogP contribution in [0.4, 0.5) is 19.0 Å². The Morgan fingerprint density at radius 1 is 0.879 bits per heavy atom. The number of hydrogen-bond acceptors (Lipinski definition) is 3. The Morgan fingerprint density at radius 2 is 1.58 bits per heavy atom. The number of carbonyl (C=O) groups excluding carboxylic acids is 1. The molecule has 1 amide bonds. The highest BCUT2D eigenvalue weighted by atomic mass is 32.2. The second-order valence-corrected chi connectivity index (χ2v) is 8.87. The van der Waals surface area contributed by atoms with Crippen LogP contribution in [0, 0.1) is 0 Å². The SMILES string of the molecule is O=C(c1cccc(CSCc2ccccc2)c1)N1CCN(c2[nH+]cccc2C(F)(F)F)CC1. The number of alkyl halides is 3. The highest BCUT2D eigenvalue weighted by molar-refractivity contribution is 7.97. The van der Waals surface area contributed by atoms with Gasteiger partial charge in [-0.3, -0.25) is 9.69 Å². The van der Waals surface area contributed by atoms with Crippen molar-refractivity contribution in [1.29, 1.82) is 0 Å². The van der Waals surface area contributed by atoms with Crippen molar-refractivity contribution in [2.24, 2.45) is 0 Å². The van der Waals surface area contributed by atoms with Crippen molar-refractivity contribution in [3.05, 3.63) is 95.2 Å². The summed E-state index contributed by atoms with van der Waals surface area (Å²) in [5.74, 6) is 1.66. The molecule has 4 rings (SSSR count). The van der Waals surface area contributed by atoms with Gasteiger partial charge in [-0.1, -0.05) is 42.5 Å². The molecule has 0 aliphatic carbocycles. The fourth-order valence-electron chi connectivity index (χ4n) is 3.89. The van der Waals surface area contributed by atoms with Crippen LogP contribution in [0.25, 0.3) is 0 Å². The van der Waals surface area contributed by atoms with Crippen molar-refractivity contribution in [3.63, 3.8) is 0 Å². The maximum Gasteiger partial charge on any atom is 0.424 e. The van der Waals surface area contributed by atoms with Gasteiger partial charge < -0.3 is 4.90 Å². The van der Waals surface area contributed by atoms with E-state index < -0.39 is 11.7 Å². The van der Waals surface area contributed by atoms with Crippen LogP contribution in [-0.2, 0) is 17.7 Å². The van der Waals surface area contributed by atoms with E-state index in [1.54, 1.807) is 27.6 Å². The number of pyridine rings is 1. The smallest absolute Gasteiger partial charge is 0.331 e. The van der Waals surface area contributed by atoms with Crippen molar-refractivity contribution in [2.75, 3.05) is 31.1 Å². The Labute approximate surface area is 195 Å². The molecule has 1 fully saturated rings. The van der Waals surface area contributed by atoms with Gasteiger partial charge in [-0.2, -0.15) is 24.9 Å². The van der Waals surface area contributed by atoms with Gasteiger partial charge in [0.1, 0.15) is 18.7 Å². The van der Waals surface area contributed by atoms with E-state index >= 15 is 0 Å². The monoisotopic (exact) mass is 472 g/mol. The first-order chi connectivity index (χ1) is 15.9. The zero-order valence-corrected chi connectivity index (χ0v) is 18.8. The predicted octanol–water partition coefficient (Wildman–Crippen LogP) is 4.92. The summed E-state index contributed by atoms with van der Waals surface area (Å²) in [6.07, 6.45) is -2.94. The van der Waals surface area contributed by atoms with Gasteiger partial charge in [0, 0.05) is 17.1 Å². The number of rotatable bonds is 6. The third-order valence-electron chi connectivity index (χ3n) is 5.58. The van der Waals surface area contributed by atoms with E-state index in [1.807, 2.05) is 36.4 Å². The summed E-state index contributed by atoms with van der Waals surface area (Å²) in [7, 11) is 0. The number of nitrogens with one attached hydrogen (secondary N) is 1. The second kappa shape index (κ2) is 10.3. The number of thioether (sulfide) groups is 1. The molecule has 3 aromatic rings. The van der Waals surface area contributed by atoms with Crippen LogP contribution in [0.3, 0.4) is 0 Å². The largest absolute Gasteiger partial charge is 0.424 e. The van der Waals surface area contributed by atoms with Gasteiger partial charge in [-0.15, -0.1) is 0 Å². The molecule has 8 heteroatoms. The van der Waals surface area contributed by atoms with Gasteiger partial charge in [-0.25, -0.2) is 4.98 Å². The summed E-state index contributed by atoms with van der Waals surface area (Å²) in [6.45, 7) is 1.40. The number of carbonyl (C=O) groups is 1. The summed E-state index contributed by atoms with van der Waals surface area (Å²) in [5, 5.41) is 0. The van der Waals surface area contributed by atoms with Crippen LogP contribution in [0.1, 0.15) is 27.0 Å². The standard InChI is InChI=1S/C25H24F3N3OS/c26-25(27,28)22-10-5-11-29-23(22)30-12-14-31(15-13-30)24(32)21-9-4-8-20(16-21)18-33-17-19-6-2-1-3-7-19/h1-11,16H,12-15,17-18H2/p+1. The number of amides is 1. The van der Waals surface area contributed by atoms with Gasteiger partial charge in [-0.05, 0) is 35.4 Å². The molecule has 1 aliphatic heterocycles. The van der Waals surface area contributed by atoms with Gasteiger partial charge in [0.05, 0.1) is 19.3 Å². The minimum Gasteiger partial charge on any atom is -0.331 e. The molecule has 0 unspecified atom stereocenters.